The number of Topliss-reactive ketones (excluding diaryl/α,β-unsaturated/α-hetero) is 1. The highest BCUT2D eigenvalue weighted by molar-refractivity contribution is 9.10. The summed E-state index contributed by atoms with van der Waals surface area (Å²) in [5.74, 6) is -0.272. The minimum atomic E-state index is -0.318. The number of benzene rings is 1. The lowest BCUT2D eigenvalue weighted by Crippen LogP contribution is -2.21. The van der Waals surface area contributed by atoms with Crippen molar-refractivity contribution < 1.29 is 9.18 Å². The monoisotopic (exact) mass is 355 g/mol. The fourth-order valence-electron chi connectivity index (χ4n) is 1.85. The molecule has 2 aromatic rings. The SMILES string of the molecule is CN(CCC(=O)c1ccc(F)cc1)Cc1cc(Br)cs1. The first kappa shape index (κ1) is 15.4. The van der Waals surface area contributed by atoms with E-state index in [1.165, 1.54) is 29.1 Å². The Balaban J connectivity index is 1.82. The van der Waals surface area contributed by atoms with Gasteiger partial charge in [0.1, 0.15) is 5.82 Å². The van der Waals surface area contributed by atoms with Gasteiger partial charge < -0.3 is 4.90 Å². The Labute approximate surface area is 130 Å². The summed E-state index contributed by atoms with van der Waals surface area (Å²) in [5.41, 5.74) is 0.568. The molecule has 0 saturated carbocycles. The van der Waals surface area contributed by atoms with E-state index in [2.05, 4.69) is 26.9 Å². The molecular formula is C15H15BrFNOS. The van der Waals surface area contributed by atoms with Crippen LogP contribution >= 0.6 is 27.3 Å². The van der Waals surface area contributed by atoms with Crippen LogP contribution in [-0.2, 0) is 6.54 Å². The Hall–Kier alpha value is -1.04. The average Bonchev–Trinajstić information content (AvgIpc) is 2.82. The molecule has 0 spiro atoms. The Morgan fingerprint density at radius 1 is 1.35 bits per heavy atom. The van der Waals surface area contributed by atoms with Gasteiger partial charge in [-0.1, -0.05) is 0 Å². The molecule has 2 rings (SSSR count). The van der Waals surface area contributed by atoms with Gasteiger partial charge in [-0.3, -0.25) is 4.79 Å². The number of rotatable bonds is 6. The van der Waals surface area contributed by atoms with Crippen molar-refractivity contribution in [2.75, 3.05) is 13.6 Å². The van der Waals surface area contributed by atoms with Crippen molar-refractivity contribution >= 4 is 33.0 Å². The predicted octanol–water partition coefficient (Wildman–Crippen LogP) is 4.35. The van der Waals surface area contributed by atoms with Crippen LogP contribution < -0.4 is 0 Å². The van der Waals surface area contributed by atoms with E-state index in [9.17, 15) is 9.18 Å². The average molecular weight is 356 g/mol. The molecule has 0 aliphatic heterocycles. The molecule has 2 nitrogen and oxygen atoms in total. The summed E-state index contributed by atoms with van der Waals surface area (Å²) in [7, 11) is 1.99. The van der Waals surface area contributed by atoms with E-state index < -0.39 is 0 Å². The molecular weight excluding hydrogens is 341 g/mol. The molecule has 0 saturated heterocycles. The molecule has 0 unspecified atom stereocenters. The van der Waals surface area contributed by atoms with Crippen molar-refractivity contribution in [1.29, 1.82) is 0 Å². The second-order valence-electron chi connectivity index (χ2n) is 4.65. The van der Waals surface area contributed by atoms with Gasteiger partial charge in [0.25, 0.3) is 0 Å². The molecule has 0 aliphatic carbocycles. The van der Waals surface area contributed by atoms with Crippen LogP contribution in [0, 0.1) is 5.82 Å². The minimum Gasteiger partial charge on any atom is -0.301 e. The zero-order chi connectivity index (χ0) is 14.5. The molecule has 1 aromatic carbocycles. The number of nitrogens with zero attached hydrogens (tertiary/aromatic N) is 1. The third-order valence-electron chi connectivity index (χ3n) is 2.93. The number of thiophene rings is 1. The highest BCUT2D eigenvalue weighted by atomic mass is 79.9. The Morgan fingerprint density at radius 3 is 2.65 bits per heavy atom. The number of halogens is 2. The first-order valence-corrected chi connectivity index (χ1v) is 7.92. The topological polar surface area (TPSA) is 20.3 Å². The van der Waals surface area contributed by atoms with Gasteiger partial charge in [0, 0.05) is 39.8 Å². The summed E-state index contributed by atoms with van der Waals surface area (Å²) in [6, 6.07) is 7.80. The van der Waals surface area contributed by atoms with E-state index in [0.717, 1.165) is 11.0 Å². The maximum atomic E-state index is 12.8. The quantitative estimate of drug-likeness (QED) is 0.717. The molecule has 0 N–H and O–H groups in total. The van der Waals surface area contributed by atoms with Crippen LogP contribution in [0.5, 0.6) is 0 Å². The fourth-order valence-corrected chi connectivity index (χ4v) is 3.38. The second kappa shape index (κ2) is 7.11. The van der Waals surface area contributed by atoms with Gasteiger partial charge >= 0.3 is 0 Å². The molecule has 0 radical (unpaired) electrons. The van der Waals surface area contributed by atoms with E-state index >= 15 is 0 Å². The van der Waals surface area contributed by atoms with E-state index in [-0.39, 0.29) is 11.6 Å². The lowest BCUT2D eigenvalue weighted by molar-refractivity contribution is 0.0968. The normalized spacial score (nSPS) is 11.0. The number of carbonyl (C=O) groups is 1. The molecule has 0 amide bonds. The van der Waals surface area contributed by atoms with Crippen molar-refractivity contribution in [2.24, 2.45) is 0 Å². The summed E-state index contributed by atoms with van der Waals surface area (Å²) in [6.07, 6.45) is 0.439. The third kappa shape index (κ3) is 4.51. The Kier molecular flexibility index (Phi) is 5.46. The highest BCUT2D eigenvalue weighted by Gasteiger charge is 2.09. The van der Waals surface area contributed by atoms with Crippen molar-refractivity contribution in [1.82, 2.24) is 4.90 Å². The zero-order valence-electron chi connectivity index (χ0n) is 11.1. The number of carbonyl (C=O) groups excluding carboxylic acids is 1. The van der Waals surface area contributed by atoms with Gasteiger partial charge in [-0.2, -0.15) is 0 Å². The van der Waals surface area contributed by atoms with Crippen molar-refractivity contribution in [3.05, 3.63) is 56.4 Å². The first-order chi connectivity index (χ1) is 9.54. The standard InChI is InChI=1S/C15H15BrFNOS/c1-18(9-14-8-12(16)10-20-14)7-6-15(19)11-2-4-13(17)5-3-11/h2-5,8,10H,6-7,9H2,1H3. The van der Waals surface area contributed by atoms with Crippen molar-refractivity contribution in [3.8, 4) is 0 Å². The lowest BCUT2D eigenvalue weighted by Gasteiger charge is -2.14. The van der Waals surface area contributed by atoms with Crippen LogP contribution in [0.25, 0.3) is 0 Å². The molecule has 0 aliphatic rings. The minimum absolute atomic E-state index is 0.0456. The van der Waals surface area contributed by atoms with Gasteiger partial charge in [0.15, 0.2) is 5.78 Å². The first-order valence-electron chi connectivity index (χ1n) is 6.25. The van der Waals surface area contributed by atoms with Crippen molar-refractivity contribution in [3.63, 3.8) is 0 Å². The van der Waals surface area contributed by atoms with Gasteiger partial charge in [0.05, 0.1) is 0 Å². The van der Waals surface area contributed by atoms with Crippen molar-refractivity contribution in [2.45, 2.75) is 13.0 Å². The van der Waals surface area contributed by atoms with Gasteiger partial charge in [-0.05, 0) is 53.3 Å². The van der Waals surface area contributed by atoms with Crippen LogP contribution in [0.4, 0.5) is 4.39 Å². The predicted molar refractivity (Wildman–Crippen MR) is 83.7 cm³/mol. The lowest BCUT2D eigenvalue weighted by atomic mass is 10.1. The van der Waals surface area contributed by atoms with E-state index in [4.69, 9.17) is 0 Å². The van der Waals surface area contributed by atoms with E-state index in [1.54, 1.807) is 11.3 Å². The molecule has 5 heteroatoms. The fraction of sp³-hybridized carbons (Fsp3) is 0.267. The molecule has 0 bridgehead atoms. The van der Waals surface area contributed by atoms with E-state index in [1.807, 2.05) is 12.4 Å². The maximum absolute atomic E-state index is 12.8. The summed E-state index contributed by atoms with van der Waals surface area (Å²) >= 11 is 5.12. The molecule has 0 atom stereocenters. The number of hydrogen-bond donors (Lipinski definition) is 0. The second-order valence-corrected chi connectivity index (χ2v) is 6.56. The smallest absolute Gasteiger partial charge is 0.164 e. The molecule has 1 heterocycles. The van der Waals surface area contributed by atoms with Crippen LogP contribution in [0.3, 0.4) is 0 Å². The number of ketones is 1. The Morgan fingerprint density at radius 2 is 2.05 bits per heavy atom. The summed E-state index contributed by atoms with van der Waals surface area (Å²) in [5, 5.41) is 2.05. The molecule has 106 valence electrons. The zero-order valence-corrected chi connectivity index (χ0v) is 13.5. The summed E-state index contributed by atoms with van der Waals surface area (Å²) in [6.45, 7) is 1.51. The highest BCUT2D eigenvalue weighted by Crippen LogP contribution is 2.20. The largest absolute Gasteiger partial charge is 0.301 e. The van der Waals surface area contributed by atoms with E-state index in [0.29, 0.717) is 18.5 Å². The van der Waals surface area contributed by atoms with Gasteiger partial charge in [0.2, 0.25) is 0 Å². The maximum Gasteiger partial charge on any atom is 0.164 e. The van der Waals surface area contributed by atoms with Crippen LogP contribution in [0.15, 0.2) is 40.2 Å². The number of hydrogen-bond acceptors (Lipinski definition) is 3. The summed E-state index contributed by atoms with van der Waals surface area (Å²) < 4.78 is 13.9. The van der Waals surface area contributed by atoms with Gasteiger partial charge in [-0.25, -0.2) is 4.39 Å². The van der Waals surface area contributed by atoms with Gasteiger partial charge in [-0.15, -0.1) is 11.3 Å². The summed E-state index contributed by atoms with van der Waals surface area (Å²) in [4.78, 5) is 15.3. The van der Waals surface area contributed by atoms with Crippen LogP contribution in [0.1, 0.15) is 21.7 Å². The molecule has 1 aromatic heterocycles. The van der Waals surface area contributed by atoms with Crippen LogP contribution in [0.2, 0.25) is 0 Å². The van der Waals surface area contributed by atoms with Crippen LogP contribution in [-0.4, -0.2) is 24.3 Å². The molecule has 0 fully saturated rings. The molecule has 20 heavy (non-hydrogen) atoms. The Bertz CT molecular complexity index is 582. The third-order valence-corrected chi connectivity index (χ3v) is 4.62.